The first-order valence-corrected chi connectivity index (χ1v) is 10.2. The van der Waals surface area contributed by atoms with Gasteiger partial charge in [-0.1, -0.05) is 60.7 Å². The summed E-state index contributed by atoms with van der Waals surface area (Å²) in [5, 5.41) is 46.0. The second-order valence-electron chi connectivity index (χ2n) is 7.71. The van der Waals surface area contributed by atoms with E-state index in [1.54, 1.807) is 12.1 Å². The zero-order valence-corrected chi connectivity index (χ0v) is 17.0. The van der Waals surface area contributed by atoms with E-state index in [2.05, 4.69) is 0 Å². The quantitative estimate of drug-likeness (QED) is 0.161. The molecule has 4 N–H and O–H groups in total. The van der Waals surface area contributed by atoms with Gasteiger partial charge in [0.25, 0.3) is 0 Å². The van der Waals surface area contributed by atoms with Gasteiger partial charge in [0.05, 0.1) is 0 Å². The zero-order chi connectivity index (χ0) is 22.2. The highest BCUT2D eigenvalue weighted by molar-refractivity contribution is 6.02. The summed E-state index contributed by atoms with van der Waals surface area (Å²) in [7, 11) is 0. The minimum atomic E-state index is -0.0808. The summed E-state index contributed by atoms with van der Waals surface area (Å²) in [6, 6.07) is 30.3. The van der Waals surface area contributed by atoms with Crippen LogP contribution in [0.1, 0.15) is 0 Å². The van der Waals surface area contributed by atoms with E-state index in [1.807, 2.05) is 72.8 Å². The normalized spacial score (nSPS) is 11.0. The van der Waals surface area contributed by atoms with E-state index in [0.717, 1.165) is 32.3 Å². The van der Waals surface area contributed by atoms with E-state index in [-0.39, 0.29) is 23.0 Å². The molecule has 0 atom stereocenters. The Balaban J connectivity index is 0.000000135. The van der Waals surface area contributed by atoms with Gasteiger partial charge in [-0.15, -0.1) is 0 Å². The van der Waals surface area contributed by atoms with Gasteiger partial charge in [0.15, 0.2) is 23.0 Å². The molecule has 0 saturated carbocycles. The Morgan fingerprint density at radius 1 is 0.344 bits per heavy atom. The molecule has 0 aliphatic rings. The van der Waals surface area contributed by atoms with Crippen LogP contribution in [0.15, 0.2) is 97.1 Å². The average molecular weight is 420 g/mol. The Labute approximate surface area is 183 Å². The van der Waals surface area contributed by atoms with Crippen LogP contribution >= 0.6 is 0 Å². The predicted octanol–water partition coefficient (Wildman–Crippen LogP) is 6.81. The van der Waals surface area contributed by atoms with Crippen molar-refractivity contribution in [3.05, 3.63) is 97.1 Å². The van der Waals surface area contributed by atoms with Crippen molar-refractivity contribution in [1.82, 2.24) is 0 Å². The molecule has 0 unspecified atom stereocenters. The molecule has 0 bridgehead atoms. The Kier molecular flexibility index (Phi) is 4.68. The number of phenols is 4. The molecule has 0 radical (unpaired) electrons. The molecular weight excluding hydrogens is 400 g/mol. The molecule has 0 spiro atoms. The van der Waals surface area contributed by atoms with Gasteiger partial charge in [0, 0.05) is 10.8 Å². The van der Waals surface area contributed by atoms with E-state index in [1.165, 1.54) is 12.1 Å². The van der Waals surface area contributed by atoms with Gasteiger partial charge in [-0.2, -0.15) is 0 Å². The number of hydrogen-bond donors (Lipinski definition) is 4. The van der Waals surface area contributed by atoms with Gasteiger partial charge in [-0.25, -0.2) is 0 Å². The van der Waals surface area contributed by atoms with Crippen LogP contribution in [0.25, 0.3) is 43.1 Å². The maximum atomic E-state index is 9.77. The summed E-state index contributed by atoms with van der Waals surface area (Å²) in [6.07, 6.45) is 0. The third-order valence-corrected chi connectivity index (χ3v) is 5.67. The molecule has 0 amide bonds. The first kappa shape index (κ1) is 19.5. The standard InChI is InChI=1S/2C14H10O2/c2*15-13-6-5-11-7-9-3-1-2-4-10(9)8-12(11)14(13)16/h2*1-8,15-16H. The van der Waals surface area contributed by atoms with Crippen molar-refractivity contribution in [1.29, 1.82) is 0 Å². The number of hydrogen-bond acceptors (Lipinski definition) is 4. The molecule has 4 heteroatoms. The molecular formula is C28H20O4. The van der Waals surface area contributed by atoms with E-state index in [9.17, 15) is 20.4 Å². The molecule has 6 aromatic rings. The van der Waals surface area contributed by atoms with Crippen LogP contribution in [0.2, 0.25) is 0 Å². The van der Waals surface area contributed by atoms with Gasteiger partial charge in [-0.3, -0.25) is 0 Å². The fourth-order valence-electron chi connectivity index (χ4n) is 3.97. The van der Waals surface area contributed by atoms with E-state index in [4.69, 9.17) is 0 Å². The number of benzene rings is 6. The molecule has 0 aromatic heterocycles. The number of aromatic hydroxyl groups is 4. The number of fused-ring (bicyclic) bond motifs is 4. The van der Waals surface area contributed by atoms with E-state index >= 15 is 0 Å². The summed E-state index contributed by atoms with van der Waals surface area (Å²) in [5.41, 5.74) is 0. The Morgan fingerprint density at radius 3 is 1.06 bits per heavy atom. The van der Waals surface area contributed by atoms with Crippen molar-refractivity contribution < 1.29 is 20.4 Å². The molecule has 32 heavy (non-hydrogen) atoms. The van der Waals surface area contributed by atoms with Crippen molar-refractivity contribution in [3.63, 3.8) is 0 Å². The lowest BCUT2D eigenvalue weighted by molar-refractivity contribution is 0.408. The maximum Gasteiger partial charge on any atom is 0.165 e. The topological polar surface area (TPSA) is 80.9 Å². The van der Waals surface area contributed by atoms with Crippen LogP contribution in [0.3, 0.4) is 0 Å². The monoisotopic (exact) mass is 420 g/mol. The van der Waals surface area contributed by atoms with Crippen molar-refractivity contribution in [2.75, 3.05) is 0 Å². The number of rotatable bonds is 0. The fourth-order valence-corrected chi connectivity index (χ4v) is 3.97. The summed E-state index contributed by atoms with van der Waals surface area (Å²) in [4.78, 5) is 0. The third kappa shape index (κ3) is 3.38. The highest BCUT2D eigenvalue weighted by atomic mass is 16.3. The largest absolute Gasteiger partial charge is 0.504 e. The molecule has 4 nitrogen and oxygen atoms in total. The molecule has 6 aromatic carbocycles. The second kappa shape index (κ2) is 7.67. The summed E-state index contributed by atoms with van der Waals surface area (Å²) < 4.78 is 0. The minimum absolute atomic E-state index is 0.0525. The fraction of sp³-hybridized carbons (Fsp3) is 0. The highest BCUT2D eigenvalue weighted by Crippen LogP contribution is 2.36. The van der Waals surface area contributed by atoms with Gasteiger partial charge in [0.2, 0.25) is 0 Å². The Hall–Kier alpha value is -4.44. The lowest BCUT2D eigenvalue weighted by atomic mass is 10.0. The average Bonchev–Trinajstić information content (AvgIpc) is 2.82. The second-order valence-corrected chi connectivity index (χ2v) is 7.71. The van der Waals surface area contributed by atoms with Gasteiger partial charge >= 0.3 is 0 Å². The molecule has 0 fully saturated rings. The Morgan fingerprint density at radius 2 is 0.688 bits per heavy atom. The van der Waals surface area contributed by atoms with Crippen LogP contribution in [-0.2, 0) is 0 Å². The van der Waals surface area contributed by atoms with E-state index < -0.39 is 0 Å². The molecule has 156 valence electrons. The van der Waals surface area contributed by atoms with Crippen LogP contribution in [-0.4, -0.2) is 20.4 Å². The number of phenolic OH excluding ortho intramolecular Hbond substituents is 4. The molecule has 0 aliphatic carbocycles. The first-order chi connectivity index (χ1) is 15.5. The zero-order valence-electron chi connectivity index (χ0n) is 17.0. The Bertz CT molecular complexity index is 1500. The van der Waals surface area contributed by atoms with Gasteiger partial charge < -0.3 is 20.4 Å². The molecule has 0 heterocycles. The van der Waals surface area contributed by atoms with Crippen molar-refractivity contribution in [2.24, 2.45) is 0 Å². The van der Waals surface area contributed by atoms with Crippen molar-refractivity contribution >= 4 is 43.1 Å². The van der Waals surface area contributed by atoms with Crippen LogP contribution < -0.4 is 0 Å². The van der Waals surface area contributed by atoms with Crippen LogP contribution in [0.4, 0.5) is 0 Å². The molecule has 0 aliphatic heterocycles. The lowest BCUT2D eigenvalue weighted by Gasteiger charge is -2.05. The summed E-state index contributed by atoms with van der Waals surface area (Å²) >= 11 is 0. The predicted molar refractivity (Wildman–Crippen MR) is 130 cm³/mol. The summed E-state index contributed by atoms with van der Waals surface area (Å²) in [5.74, 6) is -0.267. The molecule has 6 rings (SSSR count). The third-order valence-electron chi connectivity index (χ3n) is 5.67. The van der Waals surface area contributed by atoms with Gasteiger partial charge in [0.1, 0.15) is 0 Å². The van der Waals surface area contributed by atoms with Gasteiger partial charge in [-0.05, 0) is 68.7 Å². The summed E-state index contributed by atoms with van der Waals surface area (Å²) in [6.45, 7) is 0. The lowest BCUT2D eigenvalue weighted by Crippen LogP contribution is -1.77. The minimum Gasteiger partial charge on any atom is -0.504 e. The van der Waals surface area contributed by atoms with Crippen molar-refractivity contribution in [2.45, 2.75) is 0 Å². The van der Waals surface area contributed by atoms with Crippen LogP contribution in [0, 0.1) is 0 Å². The SMILES string of the molecule is Oc1ccc2cc3ccccc3cc2c1O.Oc1ccc2cc3ccccc3cc2c1O. The van der Waals surface area contributed by atoms with E-state index in [0.29, 0.717) is 10.8 Å². The highest BCUT2D eigenvalue weighted by Gasteiger charge is 2.07. The van der Waals surface area contributed by atoms with Crippen LogP contribution in [0.5, 0.6) is 23.0 Å². The van der Waals surface area contributed by atoms with Crippen molar-refractivity contribution in [3.8, 4) is 23.0 Å². The maximum absolute atomic E-state index is 9.77. The molecule has 0 saturated heterocycles. The smallest absolute Gasteiger partial charge is 0.165 e. The first-order valence-electron chi connectivity index (χ1n) is 10.2.